The quantitative estimate of drug-likeness (QED) is 0.172. The van der Waals surface area contributed by atoms with E-state index in [0.717, 1.165) is 114 Å². The number of nitrogens with one attached hydrogen (secondary N) is 1. The lowest BCUT2D eigenvalue weighted by molar-refractivity contribution is 0.0117. The zero-order valence-electron chi connectivity index (χ0n) is 37.7. The van der Waals surface area contributed by atoms with Gasteiger partial charge in [-0.15, -0.1) is 0 Å². The number of piperidine rings is 2. The van der Waals surface area contributed by atoms with Crippen molar-refractivity contribution < 1.29 is 33.3 Å². The summed E-state index contributed by atoms with van der Waals surface area (Å²) in [5.41, 5.74) is -0.799. The average Bonchev–Trinajstić information content (AvgIpc) is 4.00. The number of amides is 2. The van der Waals surface area contributed by atoms with Gasteiger partial charge in [-0.2, -0.15) is 0 Å². The van der Waals surface area contributed by atoms with Crippen LogP contribution in [0.2, 0.25) is 0 Å². The Labute approximate surface area is 356 Å². The molecule has 0 atom stereocenters. The molecule has 0 spiro atoms. The highest BCUT2D eigenvalue weighted by Crippen LogP contribution is 2.34. The molecule has 0 bridgehead atoms. The Morgan fingerprint density at radius 3 is 1.25 bits per heavy atom. The van der Waals surface area contributed by atoms with E-state index in [2.05, 4.69) is 35.8 Å². The van der Waals surface area contributed by atoms with E-state index in [1.54, 1.807) is 14.2 Å². The summed E-state index contributed by atoms with van der Waals surface area (Å²) in [6, 6.07) is 4.48. The maximum absolute atomic E-state index is 12.1. The van der Waals surface area contributed by atoms with Crippen LogP contribution in [0.5, 0.6) is 0 Å². The van der Waals surface area contributed by atoms with Gasteiger partial charge in [0.05, 0.1) is 19.8 Å². The van der Waals surface area contributed by atoms with Crippen LogP contribution in [0.1, 0.15) is 138 Å². The second-order valence-electron chi connectivity index (χ2n) is 18.8. The maximum atomic E-state index is 12.1. The molecule has 1 N–H and O–H groups in total. The molecule has 2 aliphatic heterocycles. The Morgan fingerprint density at radius 1 is 0.544 bits per heavy atom. The second kappa shape index (κ2) is 26.2. The molecule has 0 aromatic heterocycles. The van der Waals surface area contributed by atoms with E-state index in [-0.39, 0.29) is 17.8 Å². The number of hydrogen-bond donors (Lipinski definition) is 1. The summed E-state index contributed by atoms with van der Waals surface area (Å²) in [6.45, 7) is 19.4. The zero-order valence-corrected chi connectivity index (χ0v) is 39.3. The summed E-state index contributed by atoms with van der Waals surface area (Å²) in [5, 5.41) is 4.56. The first-order chi connectivity index (χ1) is 27.2. The molecule has 2 amide bonds. The number of methoxy groups -OCH3 is 3. The summed E-state index contributed by atoms with van der Waals surface area (Å²) in [5.74, 6) is 0. The van der Waals surface area contributed by atoms with Crippen LogP contribution in [0.4, 0.5) is 9.59 Å². The SMILES string of the molecule is CC(C)(C)OC(=O)N1CCC(NC2CC2)CC1.COCCBr.COCCN(C1CC1)C1CCN(C(=O)OC(C)(C)C)CC1.COCCN(C1CCCCC1)C1CC1. The van der Waals surface area contributed by atoms with Gasteiger partial charge in [-0.3, -0.25) is 9.80 Å². The minimum Gasteiger partial charge on any atom is -0.444 e. The van der Waals surface area contributed by atoms with Gasteiger partial charge in [-0.1, -0.05) is 35.2 Å². The maximum Gasteiger partial charge on any atom is 0.410 e. The fraction of sp³-hybridized carbons (Fsp3) is 0.955. The first kappa shape index (κ1) is 50.1. The molecule has 334 valence electrons. The zero-order chi connectivity index (χ0) is 41.8. The Bertz CT molecular complexity index is 1090. The molecule has 2 saturated heterocycles. The number of hydrogen-bond acceptors (Lipinski definition) is 10. The molecular formula is C44H84BrN5O7. The van der Waals surface area contributed by atoms with Crippen LogP contribution < -0.4 is 5.32 Å². The first-order valence-electron chi connectivity index (χ1n) is 22.4. The highest BCUT2D eigenvalue weighted by atomic mass is 79.9. The van der Waals surface area contributed by atoms with Gasteiger partial charge >= 0.3 is 12.2 Å². The van der Waals surface area contributed by atoms with Crippen molar-refractivity contribution in [2.45, 2.75) is 185 Å². The molecule has 6 aliphatic rings. The standard InChI is InChI=1S/C16H30N2O3.C13H24N2O2.C12H23NO.C3H7BrO/c1-16(2,3)21-15(19)17-9-7-14(8-10-17)18(11-12-20-4)13-5-6-13;1-13(2,3)17-12(16)15-8-6-11(7-9-15)14-10-4-5-10;1-14-10-9-13(12-7-8-12)11-5-3-2-4-6-11;1-5-3-2-4/h13-14H,5-12H2,1-4H3;10-11,14H,4-9H2,1-3H3;11-12H,2-10H2,1H3;2-3H2,1H3. The molecule has 13 heteroatoms. The largest absolute Gasteiger partial charge is 0.444 e. The molecule has 6 rings (SSSR count). The minimum atomic E-state index is -0.410. The lowest BCUT2D eigenvalue weighted by Crippen LogP contribution is -2.49. The van der Waals surface area contributed by atoms with E-state index in [1.807, 2.05) is 58.5 Å². The summed E-state index contributed by atoms with van der Waals surface area (Å²) < 4.78 is 25.9. The summed E-state index contributed by atoms with van der Waals surface area (Å²) >= 11 is 3.18. The van der Waals surface area contributed by atoms with Gasteiger partial charge in [-0.05, 0) is 119 Å². The van der Waals surface area contributed by atoms with Gasteiger partial charge in [0.1, 0.15) is 11.2 Å². The van der Waals surface area contributed by atoms with Gasteiger partial charge in [-0.25, -0.2) is 9.59 Å². The van der Waals surface area contributed by atoms with E-state index in [1.165, 1.54) is 70.6 Å². The van der Waals surface area contributed by atoms with Crippen molar-refractivity contribution >= 4 is 28.1 Å². The number of likely N-dealkylation sites (tertiary alicyclic amines) is 2. The molecule has 0 radical (unpaired) electrons. The number of rotatable bonds is 14. The highest BCUT2D eigenvalue weighted by Gasteiger charge is 2.37. The highest BCUT2D eigenvalue weighted by molar-refractivity contribution is 9.09. The predicted octanol–water partition coefficient (Wildman–Crippen LogP) is 8.09. The van der Waals surface area contributed by atoms with Crippen molar-refractivity contribution in [1.29, 1.82) is 0 Å². The fourth-order valence-electron chi connectivity index (χ4n) is 7.87. The topological polar surface area (TPSA) is 105 Å². The lowest BCUT2D eigenvalue weighted by atomic mass is 9.94. The van der Waals surface area contributed by atoms with Gasteiger partial charge < -0.3 is 38.8 Å². The number of nitrogens with zero attached hydrogens (tertiary/aromatic N) is 4. The van der Waals surface area contributed by atoms with Crippen LogP contribution in [-0.4, -0.2) is 165 Å². The van der Waals surface area contributed by atoms with Crippen molar-refractivity contribution in [2.24, 2.45) is 0 Å². The number of carbonyl (C=O) groups is 2. The number of carbonyl (C=O) groups excluding carboxylic acids is 2. The molecule has 4 saturated carbocycles. The Balaban J connectivity index is 0.000000219. The molecule has 0 aromatic rings. The van der Waals surface area contributed by atoms with Crippen molar-refractivity contribution in [3.8, 4) is 0 Å². The van der Waals surface area contributed by atoms with Gasteiger partial charge in [0.15, 0.2) is 0 Å². The van der Waals surface area contributed by atoms with Crippen LogP contribution in [0.3, 0.4) is 0 Å². The second-order valence-corrected chi connectivity index (χ2v) is 19.6. The summed E-state index contributed by atoms with van der Waals surface area (Å²) in [7, 11) is 5.25. The average molecular weight is 875 g/mol. The van der Waals surface area contributed by atoms with Gasteiger partial charge in [0.25, 0.3) is 0 Å². The van der Waals surface area contributed by atoms with Crippen LogP contribution >= 0.6 is 15.9 Å². The van der Waals surface area contributed by atoms with E-state index in [9.17, 15) is 9.59 Å². The van der Waals surface area contributed by atoms with Crippen molar-refractivity contribution in [3.05, 3.63) is 0 Å². The smallest absolute Gasteiger partial charge is 0.410 e. The molecule has 0 aromatic carbocycles. The third kappa shape index (κ3) is 21.7. The molecule has 4 aliphatic carbocycles. The van der Waals surface area contributed by atoms with Gasteiger partial charge in [0, 0.05) is 102 Å². The molecule has 12 nitrogen and oxygen atoms in total. The van der Waals surface area contributed by atoms with Crippen LogP contribution in [0.15, 0.2) is 0 Å². The normalized spacial score (nSPS) is 21.2. The van der Waals surface area contributed by atoms with Crippen LogP contribution in [0, 0.1) is 0 Å². The third-order valence-corrected chi connectivity index (χ3v) is 11.6. The Morgan fingerprint density at radius 2 is 0.912 bits per heavy atom. The Kier molecular flexibility index (Phi) is 23.0. The summed E-state index contributed by atoms with van der Waals surface area (Å²) in [6.07, 6.45) is 19.2. The lowest BCUT2D eigenvalue weighted by Gasteiger charge is -2.39. The molecule has 2 heterocycles. The van der Waals surface area contributed by atoms with Crippen LogP contribution in [0.25, 0.3) is 0 Å². The molecule has 57 heavy (non-hydrogen) atoms. The molecule has 0 unspecified atom stereocenters. The minimum absolute atomic E-state index is 0.164. The van der Waals surface area contributed by atoms with E-state index in [0.29, 0.717) is 12.1 Å². The van der Waals surface area contributed by atoms with Crippen LogP contribution in [-0.2, 0) is 23.7 Å². The fourth-order valence-corrected chi connectivity index (χ4v) is 8.19. The van der Waals surface area contributed by atoms with Crippen molar-refractivity contribution in [2.75, 3.05) is 85.7 Å². The monoisotopic (exact) mass is 874 g/mol. The van der Waals surface area contributed by atoms with Crippen molar-refractivity contribution in [1.82, 2.24) is 24.9 Å². The third-order valence-electron chi connectivity index (χ3n) is 11.2. The number of halogens is 1. The first-order valence-corrected chi connectivity index (χ1v) is 23.6. The van der Waals surface area contributed by atoms with E-state index < -0.39 is 5.60 Å². The predicted molar refractivity (Wildman–Crippen MR) is 234 cm³/mol. The van der Waals surface area contributed by atoms with E-state index in [4.69, 9.17) is 18.9 Å². The number of alkyl halides is 1. The summed E-state index contributed by atoms with van der Waals surface area (Å²) in [4.78, 5) is 32.9. The van der Waals surface area contributed by atoms with Crippen molar-refractivity contribution in [3.63, 3.8) is 0 Å². The Hall–Kier alpha value is -1.22. The number of ether oxygens (including phenoxy) is 5. The molecular weight excluding hydrogens is 790 g/mol. The molecule has 6 fully saturated rings. The van der Waals surface area contributed by atoms with E-state index >= 15 is 0 Å². The van der Waals surface area contributed by atoms with Gasteiger partial charge in [0.2, 0.25) is 0 Å².